The van der Waals surface area contributed by atoms with Gasteiger partial charge in [0.15, 0.2) is 6.61 Å². The van der Waals surface area contributed by atoms with Gasteiger partial charge >= 0.3 is 0 Å². The van der Waals surface area contributed by atoms with E-state index < -0.39 is 6.04 Å². The molecular formula is C23H30N2O4. The Kier molecular flexibility index (Phi) is 8.07. The van der Waals surface area contributed by atoms with E-state index in [1.165, 1.54) is 4.90 Å². The van der Waals surface area contributed by atoms with Crippen LogP contribution in [0.4, 0.5) is 0 Å². The molecule has 1 N–H and O–H groups in total. The van der Waals surface area contributed by atoms with E-state index in [-0.39, 0.29) is 25.0 Å². The van der Waals surface area contributed by atoms with Gasteiger partial charge in [-0.05, 0) is 57.0 Å². The molecular weight excluding hydrogens is 368 g/mol. The minimum absolute atomic E-state index is 0.141. The molecule has 0 radical (unpaired) electrons. The first-order chi connectivity index (χ1) is 13.8. The molecule has 2 aromatic carbocycles. The van der Waals surface area contributed by atoms with Gasteiger partial charge in [-0.1, -0.05) is 29.8 Å². The number of aryl methyl sites for hydroxylation is 2. The van der Waals surface area contributed by atoms with E-state index in [2.05, 4.69) is 5.32 Å². The van der Waals surface area contributed by atoms with Gasteiger partial charge < -0.3 is 19.7 Å². The van der Waals surface area contributed by atoms with Crippen LogP contribution in [-0.2, 0) is 16.1 Å². The summed E-state index contributed by atoms with van der Waals surface area (Å²) in [5.41, 5.74) is 2.97. The zero-order valence-corrected chi connectivity index (χ0v) is 17.8. The number of nitrogens with one attached hydrogen (secondary N) is 1. The molecule has 0 aliphatic carbocycles. The van der Waals surface area contributed by atoms with E-state index in [0.29, 0.717) is 18.0 Å². The second-order valence-electron chi connectivity index (χ2n) is 7.00. The van der Waals surface area contributed by atoms with Crippen molar-refractivity contribution in [1.82, 2.24) is 10.2 Å². The molecule has 0 fully saturated rings. The SMILES string of the molecule is CCNC(=O)C(C)N(Cc1cccc(OC)c1)C(=O)COc1ccc(C)cc1C. The Morgan fingerprint density at radius 3 is 2.55 bits per heavy atom. The van der Waals surface area contributed by atoms with E-state index in [0.717, 1.165) is 16.7 Å². The van der Waals surface area contributed by atoms with Crippen molar-refractivity contribution in [3.8, 4) is 11.5 Å². The second-order valence-corrected chi connectivity index (χ2v) is 7.00. The van der Waals surface area contributed by atoms with Crippen LogP contribution in [0.5, 0.6) is 11.5 Å². The van der Waals surface area contributed by atoms with Gasteiger partial charge in [0.1, 0.15) is 17.5 Å². The zero-order chi connectivity index (χ0) is 21.4. The summed E-state index contributed by atoms with van der Waals surface area (Å²) in [6, 6.07) is 12.6. The van der Waals surface area contributed by atoms with E-state index in [9.17, 15) is 9.59 Å². The Balaban J connectivity index is 2.18. The average molecular weight is 399 g/mol. The van der Waals surface area contributed by atoms with Crippen LogP contribution >= 0.6 is 0 Å². The summed E-state index contributed by atoms with van der Waals surface area (Å²) in [5.74, 6) is 0.907. The largest absolute Gasteiger partial charge is 0.497 e. The number of rotatable bonds is 9. The molecule has 6 heteroatoms. The lowest BCUT2D eigenvalue weighted by atomic mass is 10.1. The highest BCUT2D eigenvalue weighted by molar-refractivity contribution is 5.87. The minimum Gasteiger partial charge on any atom is -0.497 e. The maximum atomic E-state index is 13.0. The predicted octanol–water partition coefficient (Wildman–Crippen LogP) is 3.24. The smallest absolute Gasteiger partial charge is 0.261 e. The number of hydrogen-bond acceptors (Lipinski definition) is 4. The molecule has 0 bridgehead atoms. The Hall–Kier alpha value is -3.02. The van der Waals surface area contributed by atoms with Crippen LogP contribution in [0.25, 0.3) is 0 Å². The third-order valence-electron chi connectivity index (χ3n) is 4.69. The molecule has 0 saturated carbocycles. The third-order valence-corrected chi connectivity index (χ3v) is 4.69. The van der Waals surface area contributed by atoms with Gasteiger partial charge in [-0.15, -0.1) is 0 Å². The van der Waals surface area contributed by atoms with Crippen molar-refractivity contribution in [1.29, 1.82) is 0 Å². The van der Waals surface area contributed by atoms with Crippen molar-refractivity contribution in [2.75, 3.05) is 20.3 Å². The number of methoxy groups -OCH3 is 1. The fourth-order valence-corrected chi connectivity index (χ4v) is 3.06. The van der Waals surface area contributed by atoms with E-state index >= 15 is 0 Å². The van der Waals surface area contributed by atoms with Crippen molar-refractivity contribution >= 4 is 11.8 Å². The summed E-state index contributed by atoms with van der Waals surface area (Å²) in [6.45, 7) is 8.16. The Bertz CT molecular complexity index is 851. The van der Waals surface area contributed by atoms with E-state index in [4.69, 9.17) is 9.47 Å². The van der Waals surface area contributed by atoms with E-state index in [1.807, 2.05) is 63.2 Å². The summed E-state index contributed by atoms with van der Waals surface area (Å²) in [5, 5.41) is 2.78. The van der Waals surface area contributed by atoms with Crippen LogP contribution in [-0.4, -0.2) is 43.0 Å². The van der Waals surface area contributed by atoms with Gasteiger partial charge in [-0.2, -0.15) is 0 Å². The summed E-state index contributed by atoms with van der Waals surface area (Å²) in [6.07, 6.45) is 0. The standard InChI is InChI=1S/C23H30N2O4/c1-6-24-23(27)18(4)25(14-19-8-7-9-20(13-19)28-5)22(26)15-29-21-11-10-16(2)12-17(21)3/h7-13,18H,6,14-15H2,1-5H3,(H,24,27). The molecule has 2 amide bonds. The molecule has 1 unspecified atom stereocenters. The predicted molar refractivity (Wildman–Crippen MR) is 113 cm³/mol. The number of carbonyl (C=O) groups excluding carboxylic acids is 2. The monoisotopic (exact) mass is 398 g/mol. The molecule has 0 spiro atoms. The maximum absolute atomic E-state index is 13.0. The Labute approximate surface area is 172 Å². The highest BCUT2D eigenvalue weighted by Crippen LogP contribution is 2.20. The Morgan fingerprint density at radius 1 is 1.14 bits per heavy atom. The summed E-state index contributed by atoms with van der Waals surface area (Å²) in [7, 11) is 1.59. The number of likely N-dealkylation sites (N-methyl/N-ethyl adjacent to an activating group) is 1. The first-order valence-electron chi connectivity index (χ1n) is 9.75. The molecule has 6 nitrogen and oxygen atoms in total. The Morgan fingerprint density at radius 2 is 1.90 bits per heavy atom. The molecule has 0 aromatic heterocycles. The summed E-state index contributed by atoms with van der Waals surface area (Å²) < 4.78 is 11.0. The molecule has 0 aliphatic heterocycles. The van der Waals surface area contributed by atoms with Gasteiger partial charge in [0.25, 0.3) is 5.91 Å². The number of ether oxygens (including phenoxy) is 2. The van der Waals surface area contributed by atoms with Crippen molar-refractivity contribution in [3.05, 3.63) is 59.2 Å². The zero-order valence-electron chi connectivity index (χ0n) is 17.8. The lowest BCUT2D eigenvalue weighted by Crippen LogP contribution is -2.49. The van der Waals surface area contributed by atoms with Crippen LogP contribution in [0.1, 0.15) is 30.5 Å². The minimum atomic E-state index is -0.628. The fourth-order valence-electron chi connectivity index (χ4n) is 3.06. The molecule has 0 aliphatic rings. The maximum Gasteiger partial charge on any atom is 0.261 e. The lowest BCUT2D eigenvalue weighted by molar-refractivity contribution is -0.142. The van der Waals surface area contributed by atoms with Crippen LogP contribution < -0.4 is 14.8 Å². The number of benzene rings is 2. The highest BCUT2D eigenvalue weighted by atomic mass is 16.5. The van der Waals surface area contributed by atoms with Crippen molar-refractivity contribution in [2.45, 2.75) is 40.3 Å². The summed E-state index contributed by atoms with van der Waals surface area (Å²) in [4.78, 5) is 26.9. The molecule has 0 heterocycles. The molecule has 0 saturated heterocycles. The number of amides is 2. The third kappa shape index (κ3) is 6.24. The molecule has 2 rings (SSSR count). The second kappa shape index (κ2) is 10.5. The first-order valence-corrected chi connectivity index (χ1v) is 9.75. The summed E-state index contributed by atoms with van der Waals surface area (Å²) >= 11 is 0. The number of hydrogen-bond donors (Lipinski definition) is 1. The molecule has 156 valence electrons. The average Bonchev–Trinajstić information content (AvgIpc) is 2.71. The molecule has 29 heavy (non-hydrogen) atoms. The highest BCUT2D eigenvalue weighted by Gasteiger charge is 2.26. The normalized spacial score (nSPS) is 11.5. The quantitative estimate of drug-likeness (QED) is 0.704. The van der Waals surface area contributed by atoms with Gasteiger partial charge in [0.2, 0.25) is 5.91 Å². The van der Waals surface area contributed by atoms with Gasteiger partial charge in [-0.3, -0.25) is 9.59 Å². The topological polar surface area (TPSA) is 67.9 Å². The number of carbonyl (C=O) groups is 2. The van der Waals surface area contributed by atoms with Crippen molar-refractivity contribution in [3.63, 3.8) is 0 Å². The van der Waals surface area contributed by atoms with Crippen LogP contribution in [0.3, 0.4) is 0 Å². The molecule has 1 atom stereocenters. The first kappa shape index (κ1) is 22.3. The van der Waals surface area contributed by atoms with Crippen LogP contribution in [0, 0.1) is 13.8 Å². The van der Waals surface area contributed by atoms with Crippen LogP contribution in [0.15, 0.2) is 42.5 Å². The van der Waals surface area contributed by atoms with Crippen LogP contribution in [0.2, 0.25) is 0 Å². The van der Waals surface area contributed by atoms with Gasteiger partial charge in [-0.25, -0.2) is 0 Å². The van der Waals surface area contributed by atoms with Gasteiger partial charge in [0, 0.05) is 13.1 Å². The van der Waals surface area contributed by atoms with Gasteiger partial charge in [0.05, 0.1) is 7.11 Å². The fraction of sp³-hybridized carbons (Fsp3) is 0.391. The molecule has 2 aromatic rings. The van der Waals surface area contributed by atoms with Crippen molar-refractivity contribution < 1.29 is 19.1 Å². The number of nitrogens with zero attached hydrogens (tertiary/aromatic N) is 1. The van der Waals surface area contributed by atoms with Crippen molar-refractivity contribution in [2.24, 2.45) is 0 Å². The van der Waals surface area contributed by atoms with E-state index in [1.54, 1.807) is 14.0 Å². The lowest BCUT2D eigenvalue weighted by Gasteiger charge is -2.28.